The van der Waals surface area contributed by atoms with E-state index in [1.165, 1.54) is 18.6 Å². The molecule has 0 aromatic carbocycles. The van der Waals surface area contributed by atoms with E-state index in [0.717, 1.165) is 0 Å². The Morgan fingerprint density at radius 3 is 2.46 bits per heavy atom. The fourth-order valence-corrected chi connectivity index (χ4v) is 3.43. The molecule has 0 aliphatic carbocycles. The van der Waals surface area contributed by atoms with Gasteiger partial charge in [0.2, 0.25) is 0 Å². The van der Waals surface area contributed by atoms with E-state index in [4.69, 9.17) is 4.42 Å². The third-order valence-corrected chi connectivity index (χ3v) is 4.53. The van der Waals surface area contributed by atoms with E-state index in [0.29, 0.717) is 37.6 Å². The average Bonchev–Trinajstić information content (AvgIpc) is 2.96. The van der Waals surface area contributed by atoms with Crippen LogP contribution in [0.5, 0.6) is 0 Å². The molecule has 2 aliphatic heterocycles. The lowest BCUT2D eigenvalue weighted by Crippen LogP contribution is -2.73. The maximum Gasteiger partial charge on any atom is 0.272 e. The molecular formula is C16H16N4O4. The number of hydrogen-bond acceptors (Lipinski definition) is 5. The van der Waals surface area contributed by atoms with Crippen LogP contribution in [-0.4, -0.2) is 57.8 Å². The van der Waals surface area contributed by atoms with Crippen molar-refractivity contribution in [1.82, 2.24) is 19.8 Å². The van der Waals surface area contributed by atoms with Crippen LogP contribution in [-0.2, 0) is 0 Å². The standard InChI is InChI=1S/C16H16N4O4/c1-10-17-12(4-13(21)18-10)15(23)20-8-16(9-20)6-19(7-16)14(22)11-2-3-24-5-11/h2-5H,6-9H2,1H3,(H,17,18,21). The second-order valence-corrected chi connectivity index (χ2v) is 6.55. The quantitative estimate of drug-likeness (QED) is 0.853. The van der Waals surface area contributed by atoms with Crippen LogP contribution < -0.4 is 5.56 Å². The fourth-order valence-electron chi connectivity index (χ4n) is 3.43. The van der Waals surface area contributed by atoms with Crippen LogP contribution in [0.15, 0.2) is 33.9 Å². The lowest BCUT2D eigenvalue weighted by atomic mass is 9.72. The molecule has 4 heterocycles. The van der Waals surface area contributed by atoms with Crippen molar-refractivity contribution in [2.75, 3.05) is 26.2 Å². The Balaban J connectivity index is 1.36. The molecular weight excluding hydrogens is 312 g/mol. The molecule has 1 N–H and O–H groups in total. The van der Waals surface area contributed by atoms with Gasteiger partial charge in [0.25, 0.3) is 17.4 Å². The van der Waals surface area contributed by atoms with E-state index in [2.05, 4.69) is 9.97 Å². The molecule has 2 saturated heterocycles. The predicted molar refractivity (Wildman–Crippen MR) is 82.5 cm³/mol. The van der Waals surface area contributed by atoms with E-state index in [1.807, 2.05) is 0 Å². The minimum Gasteiger partial charge on any atom is -0.472 e. The summed E-state index contributed by atoms with van der Waals surface area (Å²) in [5, 5.41) is 0. The smallest absolute Gasteiger partial charge is 0.272 e. The Morgan fingerprint density at radius 2 is 1.88 bits per heavy atom. The van der Waals surface area contributed by atoms with Crippen LogP contribution in [0.3, 0.4) is 0 Å². The van der Waals surface area contributed by atoms with Gasteiger partial charge in [-0.25, -0.2) is 4.98 Å². The molecule has 2 aromatic heterocycles. The Hall–Kier alpha value is -2.90. The van der Waals surface area contributed by atoms with Gasteiger partial charge in [-0.3, -0.25) is 14.4 Å². The number of aromatic nitrogens is 2. The van der Waals surface area contributed by atoms with Gasteiger partial charge < -0.3 is 19.2 Å². The fraction of sp³-hybridized carbons (Fsp3) is 0.375. The van der Waals surface area contributed by atoms with Crippen LogP contribution in [0.4, 0.5) is 0 Å². The van der Waals surface area contributed by atoms with Gasteiger partial charge in [0.05, 0.1) is 11.8 Å². The minimum atomic E-state index is -0.332. The molecule has 0 radical (unpaired) electrons. The highest BCUT2D eigenvalue weighted by Gasteiger charge is 2.54. The van der Waals surface area contributed by atoms with Crippen molar-refractivity contribution in [3.63, 3.8) is 0 Å². The highest BCUT2D eigenvalue weighted by molar-refractivity contribution is 5.95. The van der Waals surface area contributed by atoms with Crippen molar-refractivity contribution in [3.05, 3.63) is 52.1 Å². The SMILES string of the molecule is Cc1nc(C(=O)N2CC3(CN(C(=O)c4ccoc4)C3)C2)cc(=O)[nH]1. The van der Waals surface area contributed by atoms with E-state index >= 15 is 0 Å². The number of aromatic amines is 1. The average molecular weight is 328 g/mol. The lowest BCUT2D eigenvalue weighted by Gasteiger charge is -2.59. The van der Waals surface area contributed by atoms with Gasteiger partial charge in [-0.1, -0.05) is 0 Å². The zero-order valence-corrected chi connectivity index (χ0v) is 13.1. The maximum atomic E-state index is 12.4. The second-order valence-electron chi connectivity index (χ2n) is 6.55. The molecule has 1 spiro atoms. The molecule has 8 heteroatoms. The van der Waals surface area contributed by atoms with Gasteiger partial charge in [-0.2, -0.15) is 0 Å². The number of furan rings is 1. The first-order valence-corrected chi connectivity index (χ1v) is 7.65. The second kappa shape index (κ2) is 5.05. The third kappa shape index (κ3) is 2.31. The minimum absolute atomic E-state index is 0.0225. The van der Waals surface area contributed by atoms with Gasteiger partial charge in [0, 0.05) is 37.7 Å². The van der Waals surface area contributed by atoms with Crippen molar-refractivity contribution in [3.8, 4) is 0 Å². The summed E-state index contributed by atoms with van der Waals surface area (Å²) in [6, 6.07) is 2.86. The summed E-state index contributed by atoms with van der Waals surface area (Å²) in [5.41, 5.74) is 0.351. The van der Waals surface area contributed by atoms with E-state index < -0.39 is 0 Å². The lowest BCUT2D eigenvalue weighted by molar-refractivity contribution is -0.0823. The summed E-state index contributed by atoms with van der Waals surface area (Å²) >= 11 is 0. The van der Waals surface area contributed by atoms with E-state index in [-0.39, 0.29) is 28.5 Å². The zero-order valence-electron chi connectivity index (χ0n) is 13.1. The summed E-state index contributed by atoms with van der Waals surface area (Å²) in [6.07, 6.45) is 2.91. The number of aryl methyl sites for hydroxylation is 1. The summed E-state index contributed by atoms with van der Waals surface area (Å²) in [7, 11) is 0. The highest BCUT2D eigenvalue weighted by Crippen LogP contribution is 2.40. The van der Waals surface area contributed by atoms with Crippen molar-refractivity contribution in [2.24, 2.45) is 5.41 Å². The van der Waals surface area contributed by atoms with Crippen LogP contribution in [0.25, 0.3) is 0 Å². The van der Waals surface area contributed by atoms with Crippen LogP contribution >= 0.6 is 0 Å². The predicted octanol–water partition coefficient (Wildman–Crippen LogP) is 0.270. The van der Waals surface area contributed by atoms with E-state index in [9.17, 15) is 14.4 Å². The Morgan fingerprint density at radius 1 is 1.21 bits per heavy atom. The third-order valence-electron chi connectivity index (χ3n) is 4.53. The van der Waals surface area contributed by atoms with E-state index in [1.54, 1.807) is 22.8 Å². The molecule has 124 valence electrons. The molecule has 24 heavy (non-hydrogen) atoms. The molecule has 2 aromatic rings. The molecule has 2 amide bonds. The topological polar surface area (TPSA) is 99.5 Å². The first kappa shape index (κ1) is 14.7. The number of hydrogen-bond donors (Lipinski definition) is 1. The summed E-state index contributed by atoms with van der Waals surface area (Å²) < 4.78 is 4.93. The maximum absolute atomic E-state index is 12.4. The van der Waals surface area contributed by atoms with Crippen molar-refractivity contribution in [1.29, 1.82) is 0 Å². The zero-order chi connectivity index (χ0) is 16.9. The van der Waals surface area contributed by atoms with Crippen molar-refractivity contribution >= 4 is 11.8 Å². The summed E-state index contributed by atoms with van der Waals surface area (Å²) in [6.45, 7) is 4.05. The Kier molecular flexibility index (Phi) is 3.09. The van der Waals surface area contributed by atoms with Crippen LogP contribution in [0.1, 0.15) is 26.7 Å². The highest BCUT2D eigenvalue weighted by atomic mass is 16.3. The van der Waals surface area contributed by atoms with Crippen molar-refractivity contribution < 1.29 is 14.0 Å². The van der Waals surface area contributed by atoms with Gasteiger partial charge in [-0.05, 0) is 13.0 Å². The number of nitrogens with zero attached hydrogens (tertiary/aromatic N) is 3. The Bertz CT molecular complexity index is 856. The normalized spacial score (nSPS) is 18.2. The molecule has 4 rings (SSSR count). The number of nitrogens with one attached hydrogen (secondary N) is 1. The molecule has 0 unspecified atom stereocenters. The number of likely N-dealkylation sites (tertiary alicyclic amines) is 2. The largest absolute Gasteiger partial charge is 0.472 e. The summed E-state index contributed by atoms with van der Waals surface area (Å²) in [5.74, 6) is 0.127. The van der Waals surface area contributed by atoms with Gasteiger partial charge in [0.1, 0.15) is 17.8 Å². The molecule has 8 nitrogen and oxygen atoms in total. The number of rotatable bonds is 2. The van der Waals surface area contributed by atoms with Crippen LogP contribution in [0, 0.1) is 12.3 Å². The van der Waals surface area contributed by atoms with Crippen LogP contribution in [0.2, 0.25) is 0 Å². The summed E-state index contributed by atoms with van der Waals surface area (Å²) in [4.78, 5) is 46.0. The number of amides is 2. The van der Waals surface area contributed by atoms with Gasteiger partial charge in [-0.15, -0.1) is 0 Å². The van der Waals surface area contributed by atoms with Gasteiger partial charge >= 0.3 is 0 Å². The first-order valence-electron chi connectivity index (χ1n) is 7.65. The molecule has 0 atom stereocenters. The number of carbonyl (C=O) groups excluding carboxylic acids is 2. The number of H-pyrrole nitrogens is 1. The molecule has 0 saturated carbocycles. The number of carbonyl (C=O) groups is 2. The Labute approximate surface area is 137 Å². The first-order chi connectivity index (χ1) is 11.5. The molecule has 0 bridgehead atoms. The van der Waals surface area contributed by atoms with Crippen molar-refractivity contribution in [2.45, 2.75) is 6.92 Å². The molecule has 2 aliphatic rings. The van der Waals surface area contributed by atoms with Gasteiger partial charge in [0.15, 0.2) is 0 Å². The monoisotopic (exact) mass is 328 g/mol. The molecule has 2 fully saturated rings.